The van der Waals surface area contributed by atoms with Crippen molar-refractivity contribution in [2.45, 2.75) is 45.2 Å². The molecule has 0 amide bonds. The molecular weight excluding hydrogens is 186 g/mol. The second-order valence-corrected chi connectivity index (χ2v) is 3.93. The Morgan fingerprint density at radius 3 is 3.07 bits per heavy atom. The van der Waals surface area contributed by atoms with Crippen molar-refractivity contribution in [2.24, 2.45) is 0 Å². The Morgan fingerprint density at radius 2 is 2.40 bits per heavy atom. The van der Waals surface area contributed by atoms with Crippen LogP contribution in [-0.2, 0) is 6.54 Å². The number of furan rings is 1. The van der Waals surface area contributed by atoms with Crippen LogP contribution in [0, 0.1) is 0 Å². The normalized spacial score (nSPS) is 12.6. The molecule has 0 bridgehead atoms. The molecule has 0 aromatic carbocycles. The molecular formula is C13H21NO. The Labute approximate surface area is 92.4 Å². The minimum Gasteiger partial charge on any atom is -0.468 e. The highest BCUT2D eigenvalue weighted by molar-refractivity contribution is 4.97. The van der Waals surface area contributed by atoms with Crippen molar-refractivity contribution in [3.63, 3.8) is 0 Å². The van der Waals surface area contributed by atoms with Gasteiger partial charge in [-0.15, -0.1) is 6.58 Å². The molecule has 0 fully saturated rings. The number of allylic oxidation sites excluding steroid dienone is 1. The average Bonchev–Trinajstić information content (AvgIpc) is 2.74. The average molecular weight is 207 g/mol. The summed E-state index contributed by atoms with van der Waals surface area (Å²) >= 11 is 0. The van der Waals surface area contributed by atoms with Crippen molar-refractivity contribution in [3.05, 3.63) is 36.8 Å². The molecule has 1 unspecified atom stereocenters. The van der Waals surface area contributed by atoms with Crippen LogP contribution in [0.25, 0.3) is 0 Å². The summed E-state index contributed by atoms with van der Waals surface area (Å²) in [5, 5.41) is 3.44. The van der Waals surface area contributed by atoms with E-state index in [1.165, 1.54) is 19.3 Å². The van der Waals surface area contributed by atoms with E-state index < -0.39 is 0 Å². The summed E-state index contributed by atoms with van der Waals surface area (Å²) < 4.78 is 5.25. The zero-order valence-electron chi connectivity index (χ0n) is 9.54. The Balaban J connectivity index is 2.03. The van der Waals surface area contributed by atoms with Crippen LogP contribution in [0.2, 0.25) is 0 Å². The predicted molar refractivity (Wildman–Crippen MR) is 63.7 cm³/mol. The van der Waals surface area contributed by atoms with Crippen LogP contribution in [0.15, 0.2) is 35.5 Å². The van der Waals surface area contributed by atoms with Crippen LogP contribution in [0.1, 0.15) is 38.4 Å². The Morgan fingerprint density at radius 1 is 1.53 bits per heavy atom. The summed E-state index contributed by atoms with van der Waals surface area (Å²) in [6.07, 6.45) is 8.56. The first kappa shape index (κ1) is 12.1. The second kappa shape index (κ2) is 7.30. The van der Waals surface area contributed by atoms with Crippen molar-refractivity contribution < 1.29 is 4.42 Å². The SMILES string of the molecule is C=CCCCCC(C)NCc1ccco1. The fraction of sp³-hybridized carbons (Fsp3) is 0.538. The first-order chi connectivity index (χ1) is 7.33. The standard InChI is InChI=1S/C13H21NO/c1-3-4-5-6-8-12(2)14-11-13-9-7-10-15-13/h3,7,9-10,12,14H,1,4-6,8,11H2,2H3. The van der Waals surface area contributed by atoms with Gasteiger partial charge in [0.2, 0.25) is 0 Å². The first-order valence-electron chi connectivity index (χ1n) is 5.69. The maximum Gasteiger partial charge on any atom is 0.117 e. The fourth-order valence-electron chi connectivity index (χ4n) is 1.53. The van der Waals surface area contributed by atoms with Crippen LogP contribution in [0.5, 0.6) is 0 Å². The lowest BCUT2D eigenvalue weighted by molar-refractivity contribution is 0.435. The van der Waals surface area contributed by atoms with Crippen molar-refractivity contribution in [1.29, 1.82) is 0 Å². The molecule has 1 rings (SSSR count). The Kier molecular flexibility index (Phi) is 5.86. The largest absolute Gasteiger partial charge is 0.468 e. The number of unbranched alkanes of at least 4 members (excludes halogenated alkanes) is 2. The van der Waals surface area contributed by atoms with Gasteiger partial charge in [0.1, 0.15) is 5.76 Å². The highest BCUT2D eigenvalue weighted by atomic mass is 16.3. The van der Waals surface area contributed by atoms with E-state index >= 15 is 0 Å². The summed E-state index contributed by atoms with van der Waals surface area (Å²) in [7, 11) is 0. The number of hydrogen-bond donors (Lipinski definition) is 1. The molecule has 0 saturated carbocycles. The summed E-state index contributed by atoms with van der Waals surface area (Å²) in [6.45, 7) is 6.77. The van der Waals surface area contributed by atoms with Gasteiger partial charge in [-0.2, -0.15) is 0 Å². The smallest absolute Gasteiger partial charge is 0.117 e. The van der Waals surface area contributed by atoms with Gasteiger partial charge < -0.3 is 9.73 Å². The van der Waals surface area contributed by atoms with Crippen LogP contribution >= 0.6 is 0 Å². The molecule has 2 nitrogen and oxygen atoms in total. The lowest BCUT2D eigenvalue weighted by Crippen LogP contribution is -2.25. The third kappa shape index (κ3) is 5.43. The van der Waals surface area contributed by atoms with Gasteiger partial charge in [0.15, 0.2) is 0 Å². The second-order valence-electron chi connectivity index (χ2n) is 3.93. The molecule has 0 aliphatic carbocycles. The Hall–Kier alpha value is -1.02. The zero-order valence-corrected chi connectivity index (χ0v) is 9.54. The van der Waals surface area contributed by atoms with Gasteiger partial charge >= 0.3 is 0 Å². The number of rotatable bonds is 8. The van der Waals surface area contributed by atoms with Gasteiger partial charge in [0.05, 0.1) is 12.8 Å². The molecule has 1 heterocycles. The van der Waals surface area contributed by atoms with Crippen LogP contribution < -0.4 is 5.32 Å². The van der Waals surface area contributed by atoms with Crippen molar-refractivity contribution in [1.82, 2.24) is 5.32 Å². The summed E-state index contributed by atoms with van der Waals surface area (Å²) in [5.74, 6) is 1.01. The summed E-state index contributed by atoms with van der Waals surface area (Å²) in [6, 6.07) is 4.48. The van der Waals surface area contributed by atoms with E-state index in [2.05, 4.69) is 18.8 Å². The molecule has 15 heavy (non-hydrogen) atoms. The van der Waals surface area contributed by atoms with E-state index in [1.807, 2.05) is 18.2 Å². The van der Waals surface area contributed by atoms with Crippen molar-refractivity contribution in [3.8, 4) is 0 Å². The monoisotopic (exact) mass is 207 g/mol. The molecule has 1 atom stereocenters. The van der Waals surface area contributed by atoms with E-state index in [-0.39, 0.29) is 0 Å². The van der Waals surface area contributed by atoms with Gasteiger partial charge in [-0.05, 0) is 38.3 Å². The van der Waals surface area contributed by atoms with E-state index in [0.717, 1.165) is 18.7 Å². The fourth-order valence-corrected chi connectivity index (χ4v) is 1.53. The maximum absolute atomic E-state index is 5.25. The lowest BCUT2D eigenvalue weighted by Gasteiger charge is -2.12. The summed E-state index contributed by atoms with van der Waals surface area (Å²) in [5.41, 5.74) is 0. The number of nitrogens with one attached hydrogen (secondary N) is 1. The zero-order chi connectivity index (χ0) is 10.9. The van der Waals surface area contributed by atoms with Gasteiger partial charge in [0, 0.05) is 6.04 Å². The molecule has 0 radical (unpaired) electrons. The molecule has 2 heteroatoms. The first-order valence-corrected chi connectivity index (χ1v) is 5.69. The molecule has 0 aliphatic rings. The van der Waals surface area contributed by atoms with Gasteiger partial charge in [0.25, 0.3) is 0 Å². The number of hydrogen-bond acceptors (Lipinski definition) is 2. The predicted octanol–water partition coefficient (Wildman–Crippen LogP) is 3.50. The molecule has 0 saturated heterocycles. The topological polar surface area (TPSA) is 25.2 Å². The van der Waals surface area contributed by atoms with E-state index in [0.29, 0.717) is 6.04 Å². The van der Waals surface area contributed by atoms with E-state index in [1.54, 1.807) is 6.26 Å². The lowest BCUT2D eigenvalue weighted by atomic mass is 10.1. The minimum atomic E-state index is 0.555. The van der Waals surface area contributed by atoms with Crippen LogP contribution in [0.3, 0.4) is 0 Å². The van der Waals surface area contributed by atoms with Crippen LogP contribution in [0.4, 0.5) is 0 Å². The molecule has 1 N–H and O–H groups in total. The third-order valence-electron chi connectivity index (χ3n) is 2.50. The maximum atomic E-state index is 5.25. The van der Waals surface area contributed by atoms with E-state index in [4.69, 9.17) is 4.42 Å². The van der Waals surface area contributed by atoms with Crippen molar-refractivity contribution >= 4 is 0 Å². The van der Waals surface area contributed by atoms with Gasteiger partial charge in [-0.25, -0.2) is 0 Å². The van der Waals surface area contributed by atoms with Gasteiger partial charge in [-0.3, -0.25) is 0 Å². The highest BCUT2D eigenvalue weighted by Gasteiger charge is 2.01. The molecule has 84 valence electrons. The quantitative estimate of drug-likeness (QED) is 0.521. The minimum absolute atomic E-state index is 0.555. The molecule has 1 aromatic heterocycles. The molecule has 1 aromatic rings. The third-order valence-corrected chi connectivity index (χ3v) is 2.50. The highest BCUT2D eigenvalue weighted by Crippen LogP contribution is 2.05. The Bertz CT molecular complexity index is 254. The van der Waals surface area contributed by atoms with Crippen molar-refractivity contribution in [2.75, 3.05) is 0 Å². The van der Waals surface area contributed by atoms with E-state index in [9.17, 15) is 0 Å². The summed E-state index contributed by atoms with van der Waals surface area (Å²) in [4.78, 5) is 0. The molecule has 0 spiro atoms. The van der Waals surface area contributed by atoms with Gasteiger partial charge in [-0.1, -0.05) is 12.5 Å². The molecule has 0 aliphatic heterocycles. The van der Waals surface area contributed by atoms with Crippen LogP contribution in [-0.4, -0.2) is 6.04 Å².